The number of hydrogen-bond acceptors (Lipinski definition) is 6. The SMILES string of the molecule is CCOc1ccc(C(=O)CCC(=O)Nc2nnc(C(C)(C)C)s2)cc1. The number of carbonyl (C=O) groups is 2. The molecule has 134 valence electrons. The third kappa shape index (κ3) is 5.63. The molecular weight excluding hydrogens is 338 g/mol. The summed E-state index contributed by atoms with van der Waals surface area (Å²) in [7, 11) is 0. The first kappa shape index (κ1) is 19.1. The van der Waals surface area contributed by atoms with Crippen molar-refractivity contribution in [3.05, 3.63) is 34.8 Å². The van der Waals surface area contributed by atoms with Crippen LogP contribution in [0.2, 0.25) is 0 Å². The number of ketones is 1. The Morgan fingerprint density at radius 3 is 2.36 bits per heavy atom. The molecular formula is C18H23N3O3S. The number of anilines is 1. The van der Waals surface area contributed by atoms with Gasteiger partial charge in [-0.3, -0.25) is 9.59 Å². The van der Waals surface area contributed by atoms with Gasteiger partial charge in [0.1, 0.15) is 10.8 Å². The van der Waals surface area contributed by atoms with Gasteiger partial charge in [0.25, 0.3) is 0 Å². The van der Waals surface area contributed by atoms with Crippen molar-refractivity contribution >= 4 is 28.2 Å². The fraction of sp³-hybridized carbons (Fsp3) is 0.444. The lowest BCUT2D eigenvalue weighted by Crippen LogP contribution is -2.13. The van der Waals surface area contributed by atoms with Crippen LogP contribution in [0, 0.1) is 0 Å². The Morgan fingerprint density at radius 1 is 1.12 bits per heavy atom. The third-order valence-electron chi connectivity index (χ3n) is 3.38. The van der Waals surface area contributed by atoms with E-state index in [-0.39, 0.29) is 29.9 Å². The van der Waals surface area contributed by atoms with Gasteiger partial charge in [-0.05, 0) is 31.2 Å². The van der Waals surface area contributed by atoms with Crippen molar-refractivity contribution in [2.75, 3.05) is 11.9 Å². The number of rotatable bonds is 7. The number of aromatic nitrogens is 2. The van der Waals surface area contributed by atoms with Crippen molar-refractivity contribution in [1.82, 2.24) is 10.2 Å². The zero-order chi connectivity index (χ0) is 18.4. The van der Waals surface area contributed by atoms with E-state index in [9.17, 15) is 9.59 Å². The van der Waals surface area contributed by atoms with Crippen LogP contribution in [-0.4, -0.2) is 28.5 Å². The van der Waals surface area contributed by atoms with E-state index in [2.05, 4.69) is 15.5 Å². The van der Waals surface area contributed by atoms with Crippen LogP contribution in [0.15, 0.2) is 24.3 Å². The van der Waals surface area contributed by atoms with Gasteiger partial charge in [-0.1, -0.05) is 32.1 Å². The number of nitrogens with zero attached hydrogens (tertiary/aromatic N) is 2. The molecule has 1 amide bonds. The lowest BCUT2D eigenvalue weighted by Gasteiger charge is -2.12. The van der Waals surface area contributed by atoms with Gasteiger partial charge in [-0.2, -0.15) is 0 Å². The Kier molecular flexibility index (Phi) is 6.25. The number of nitrogens with one attached hydrogen (secondary N) is 1. The Balaban J connectivity index is 1.84. The minimum atomic E-state index is -0.240. The zero-order valence-electron chi connectivity index (χ0n) is 15.0. The van der Waals surface area contributed by atoms with Crippen LogP contribution in [0.5, 0.6) is 5.75 Å². The maximum Gasteiger partial charge on any atom is 0.226 e. The monoisotopic (exact) mass is 361 g/mol. The number of benzene rings is 1. The lowest BCUT2D eigenvalue weighted by atomic mass is 9.98. The molecule has 7 heteroatoms. The summed E-state index contributed by atoms with van der Waals surface area (Å²) < 4.78 is 5.34. The molecule has 0 saturated carbocycles. The number of ether oxygens (including phenoxy) is 1. The van der Waals surface area contributed by atoms with E-state index in [4.69, 9.17) is 4.74 Å². The fourth-order valence-electron chi connectivity index (χ4n) is 2.03. The molecule has 0 radical (unpaired) electrons. The van der Waals surface area contributed by atoms with Crippen LogP contribution < -0.4 is 10.1 Å². The average molecular weight is 361 g/mol. The first-order valence-electron chi connectivity index (χ1n) is 8.19. The van der Waals surface area contributed by atoms with Crippen molar-refractivity contribution in [1.29, 1.82) is 0 Å². The van der Waals surface area contributed by atoms with Crippen molar-refractivity contribution in [2.24, 2.45) is 0 Å². The molecule has 0 aliphatic carbocycles. The lowest BCUT2D eigenvalue weighted by molar-refractivity contribution is -0.116. The summed E-state index contributed by atoms with van der Waals surface area (Å²) in [6.07, 6.45) is 0.251. The highest BCUT2D eigenvalue weighted by molar-refractivity contribution is 7.15. The van der Waals surface area contributed by atoms with Crippen molar-refractivity contribution in [2.45, 2.75) is 46.0 Å². The molecule has 0 aliphatic rings. The number of Topliss-reactive ketones (excluding diaryl/α,β-unsaturated/α-hetero) is 1. The maximum absolute atomic E-state index is 12.2. The molecule has 0 bridgehead atoms. The minimum Gasteiger partial charge on any atom is -0.494 e. The molecule has 6 nitrogen and oxygen atoms in total. The molecule has 1 heterocycles. The summed E-state index contributed by atoms with van der Waals surface area (Å²) in [5, 5.41) is 12.1. The first-order chi connectivity index (χ1) is 11.8. The fourth-order valence-corrected chi connectivity index (χ4v) is 2.85. The van der Waals surface area contributed by atoms with Crippen LogP contribution in [-0.2, 0) is 10.2 Å². The van der Waals surface area contributed by atoms with E-state index < -0.39 is 0 Å². The smallest absolute Gasteiger partial charge is 0.226 e. The minimum absolute atomic E-state index is 0.0779. The summed E-state index contributed by atoms with van der Waals surface area (Å²) in [6, 6.07) is 6.94. The van der Waals surface area contributed by atoms with Gasteiger partial charge >= 0.3 is 0 Å². The zero-order valence-corrected chi connectivity index (χ0v) is 15.8. The normalized spacial score (nSPS) is 11.2. The Labute approximate surface area is 151 Å². The van der Waals surface area contributed by atoms with Crippen LogP contribution in [0.1, 0.15) is 55.9 Å². The van der Waals surface area contributed by atoms with Gasteiger partial charge in [0.15, 0.2) is 5.78 Å². The summed E-state index contributed by atoms with van der Waals surface area (Å²) in [6.45, 7) is 8.59. The van der Waals surface area contributed by atoms with E-state index in [1.165, 1.54) is 11.3 Å². The summed E-state index contributed by atoms with van der Waals surface area (Å²) in [5.41, 5.74) is 0.465. The molecule has 2 aromatic rings. The maximum atomic E-state index is 12.2. The van der Waals surface area contributed by atoms with Crippen LogP contribution >= 0.6 is 11.3 Å². The van der Waals surface area contributed by atoms with E-state index in [0.717, 1.165) is 10.8 Å². The quantitative estimate of drug-likeness (QED) is 0.758. The van der Waals surface area contributed by atoms with Crippen LogP contribution in [0.25, 0.3) is 0 Å². The van der Waals surface area contributed by atoms with Gasteiger partial charge in [-0.25, -0.2) is 0 Å². The predicted molar refractivity (Wildman–Crippen MR) is 98.4 cm³/mol. The molecule has 1 N–H and O–H groups in total. The third-order valence-corrected chi connectivity index (χ3v) is 4.64. The molecule has 25 heavy (non-hydrogen) atoms. The highest BCUT2D eigenvalue weighted by Gasteiger charge is 2.20. The van der Waals surface area contributed by atoms with Gasteiger partial charge < -0.3 is 10.1 Å². The van der Waals surface area contributed by atoms with Crippen LogP contribution in [0.4, 0.5) is 5.13 Å². The molecule has 0 aliphatic heterocycles. The van der Waals surface area contributed by atoms with E-state index in [1.54, 1.807) is 24.3 Å². The summed E-state index contributed by atoms with van der Waals surface area (Å²) >= 11 is 1.35. The molecule has 0 unspecified atom stereocenters. The molecule has 0 spiro atoms. The van der Waals surface area contributed by atoms with Gasteiger partial charge in [-0.15, -0.1) is 10.2 Å². The van der Waals surface area contributed by atoms with Crippen molar-refractivity contribution in [3.8, 4) is 5.75 Å². The Bertz CT molecular complexity index is 733. The number of carbonyl (C=O) groups excluding carboxylic acids is 2. The second kappa shape index (κ2) is 8.20. The Hall–Kier alpha value is -2.28. The molecule has 0 saturated heterocycles. The van der Waals surface area contributed by atoms with E-state index >= 15 is 0 Å². The van der Waals surface area contributed by atoms with E-state index in [1.807, 2.05) is 27.7 Å². The largest absolute Gasteiger partial charge is 0.494 e. The van der Waals surface area contributed by atoms with Gasteiger partial charge in [0.05, 0.1) is 6.61 Å². The molecule has 2 rings (SSSR count). The molecule has 1 aromatic carbocycles. The summed E-state index contributed by atoms with van der Waals surface area (Å²) in [4.78, 5) is 24.2. The number of hydrogen-bond donors (Lipinski definition) is 1. The summed E-state index contributed by atoms with van der Waals surface area (Å²) in [5.74, 6) is 0.407. The van der Waals surface area contributed by atoms with Crippen molar-refractivity contribution < 1.29 is 14.3 Å². The average Bonchev–Trinajstić information content (AvgIpc) is 3.02. The van der Waals surface area contributed by atoms with Crippen LogP contribution in [0.3, 0.4) is 0 Å². The number of amides is 1. The predicted octanol–water partition coefficient (Wildman–Crippen LogP) is 3.84. The van der Waals surface area contributed by atoms with Crippen molar-refractivity contribution in [3.63, 3.8) is 0 Å². The second-order valence-electron chi connectivity index (χ2n) is 6.59. The first-order valence-corrected chi connectivity index (χ1v) is 9.01. The second-order valence-corrected chi connectivity index (χ2v) is 7.57. The highest BCUT2D eigenvalue weighted by Crippen LogP contribution is 2.27. The van der Waals surface area contributed by atoms with E-state index in [0.29, 0.717) is 17.3 Å². The Morgan fingerprint density at radius 2 is 1.80 bits per heavy atom. The topological polar surface area (TPSA) is 81.2 Å². The standard InChI is InChI=1S/C18H23N3O3S/c1-5-24-13-8-6-12(7-9-13)14(22)10-11-15(23)19-17-21-20-16(25-17)18(2,3)4/h6-9H,5,10-11H2,1-4H3,(H,19,21,23). The molecule has 1 aromatic heterocycles. The highest BCUT2D eigenvalue weighted by atomic mass is 32.1. The molecule has 0 atom stereocenters. The van der Waals surface area contributed by atoms with Gasteiger partial charge in [0, 0.05) is 23.8 Å². The van der Waals surface area contributed by atoms with Gasteiger partial charge in [0.2, 0.25) is 11.0 Å². The molecule has 0 fully saturated rings.